The molecular weight excluding hydrogens is 300 g/mol. The molecule has 2 rings (SSSR count). The maximum atomic E-state index is 12.4. The SMILES string of the molecule is CSc1ccc(CN(C)C(=O)c2ccccc2[N+](=O)[O-])cc1. The summed E-state index contributed by atoms with van der Waals surface area (Å²) in [6, 6.07) is 13.9. The Morgan fingerprint density at radius 3 is 2.41 bits per heavy atom. The molecule has 0 N–H and O–H groups in total. The molecule has 0 aliphatic heterocycles. The minimum absolute atomic E-state index is 0.107. The smallest absolute Gasteiger partial charge is 0.282 e. The van der Waals surface area contributed by atoms with Gasteiger partial charge in [-0.25, -0.2) is 0 Å². The number of hydrogen-bond acceptors (Lipinski definition) is 4. The number of benzene rings is 2. The van der Waals surface area contributed by atoms with E-state index in [4.69, 9.17) is 0 Å². The largest absolute Gasteiger partial charge is 0.337 e. The predicted molar refractivity (Wildman–Crippen MR) is 87.1 cm³/mol. The topological polar surface area (TPSA) is 63.5 Å². The maximum absolute atomic E-state index is 12.4. The van der Waals surface area contributed by atoms with E-state index in [9.17, 15) is 14.9 Å². The van der Waals surface area contributed by atoms with E-state index in [2.05, 4.69) is 0 Å². The number of para-hydroxylation sites is 1. The fraction of sp³-hybridized carbons (Fsp3) is 0.188. The van der Waals surface area contributed by atoms with Crippen LogP contribution in [0, 0.1) is 10.1 Å². The van der Waals surface area contributed by atoms with Crippen molar-refractivity contribution in [3.8, 4) is 0 Å². The number of nitrogens with zero attached hydrogens (tertiary/aromatic N) is 2. The molecule has 0 radical (unpaired) electrons. The van der Waals surface area contributed by atoms with E-state index in [0.717, 1.165) is 10.5 Å². The van der Waals surface area contributed by atoms with Gasteiger partial charge in [0.2, 0.25) is 0 Å². The number of amides is 1. The quantitative estimate of drug-likeness (QED) is 0.480. The van der Waals surface area contributed by atoms with Gasteiger partial charge in [0.1, 0.15) is 5.56 Å². The summed E-state index contributed by atoms with van der Waals surface area (Å²) in [6.45, 7) is 0.402. The Morgan fingerprint density at radius 1 is 1.18 bits per heavy atom. The summed E-state index contributed by atoms with van der Waals surface area (Å²) >= 11 is 1.65. The van der Waals surface area contributed by atoms with Crippen LogP contribution < -0.4 is 0 Å². The van der Waals surface area contributed by atoms with E-state index < -0.39 is 4.92 Å². The molecule has 114 valence electrons. The molecular formula is C16H16N2O3S. The average molecular weight is 316 g/mol. The van der Waals surface area contributed by atoms with Gasteiger partial charge in [0.05, 0.1) is 4.92 Å². The van der Waals surface area contributed by atoms with Crippen molar-refractivity contribution in [3.63, 3.8) is 0 Å². The summed E-state index contributed by atoms with van der Waals surface area (Å²) in [6.07, 6.45) is 2.00. The fourth-order valence-corrected chi connectivity index (χ4v) is 2.50. The normalized spacial score (nSPS) is 10.3. The van der Waals surface area contributed by atoms with Crippen molar-refractivity contribution < 1.29 is 9.72 Å². The number of thioether (sulfide) groups is 1. The van der Waals surface area contributed by atoms with Crippen molar-refractivity contribution in [1.29, 1.82) is 0 Å². The molecule has 0 aliphatic rings. The molecule has 0 aromatic heterocycles. The van der Waals surface area contributed by atoms with Crippen LogP contribution in [0.5, 0.6) is 0 Å². The molecule has 5 nitrogen and oxygen atoms in total. The van der Waals surface area contributed by atoms with Crippen LogP contribution in [0.3, 0.4) is 0 Å². The predicted octanol–water partition coefficient (Wildman–Crippen LogP) is 3.59. The highest BCUT2D eigenvalue weighted by molar-refractivity contribution is 7.98. The van der Waals surface area contributed by atoms with E-state index in [-0.39, 0.29) is 17.2 Å². The number of nitro groups is 1. The van der Waals surface area contributed by atoms with Gasteiger partial charge in [-0.2, -0.15) is 0 Å². The van der Waals surface area contributed by atoms with Crippen LogP contribution in [0.15, 0.2) is 53.4 Å². The highest BCUT2D eigenvalue weighted by Gasteiger charge is 2.22. The Morgan fingerprint density at radius 2 is 1.82 bits per heavy atom. The standard InChI is InChI=1S/C16H16N2O3S/c1-17(11-12-7-9-13(22-2)10-8-12)16(19)14-5-3-4-6-15(14)18(20)21/h3-10H,11H2,1-2H3. The fourth-order valence-electron chi connectivity index (χ4n) is 2.10. The summed E-state index contributed by atoms with van der Waals surface area (Å²) in [4.78, 5) is 25.5. The first kappa shape index (κ1) is 16.0. The average Bonchev–Trinajstić information content (AvgIpc) is 2.54. The molecule has 6 heteroatoms. The second kappa shape index (κ2) is 7.09. The molecule has 0 spiro atoms. The summed E-state index contributed by atoms with van der Waals surface area (Å²) in [5.74, 6) is -0.360. The van der Waals surface area contributed by atoms with Crippen molar-refractivity contribution in [1.82, 2.24) is 4.90 Å². The molecule has 2 aromatic carbocycles. The third-order valence-electron chi connectivity index (χ3n) is 3.26. The number of nitro benzene ring substituents is 1. The Balaban J connectivity index is 2.17. The summed E-state index contributed by atoms with van der Waals surface area (Å²) in [5.41, 5.74) is 0.917. The lowest BCUT2D eigenvalue weighted by molar-refractivity contribution is -0.385. The lowest BCUT2D eigenvalue weighted by Gasteiger charge is -2.17. The van der Waals surface area contributed by atoms with Crippen molar-refractivity contribution in [2.24, 2.45) is 0 Å². The molecule has 0 aliphatic carbocycles. The Hall–Kier alpha value is -2.34. The van der Waals surface area contributed by atoms with Gasteiger partial charge in [0.25, 0.3) is 11.6 Å². The molecule has 0 saturated carbocycles. The highest BCUT2D eigenvalue weighted by Crippen LogP contribution is 2.20. The van der Waals surface area contributed by atoms with E-state index in [1.165, 1.54) is 17.0 Å². The molecule has 22 heavy (non-hydrogen) atoms. The van der Waals surface area contributed by atoms with E-state index >= 15 is 0 Å². The molecule has 0 heterocycles. The van der Waals surface area contributed by atoms with Crippen LogP contribution in [0.1, 0.15) is 15.9 Å². The molecule has 0 atom stereocenters. The number of carbonyl (C=O) groups is 1. The summed E-state index contributed by atoms with van der Waals surface area (Å²) in [7, 11) is 1.64. The third kappa shape index (κ3) is 3.65. The zero-order valence-corrected chi connectivity index (χ0v) is 13.2. The second-order valence-corrected chi connectivity index (χ2v) is 5.66. The highest BCUT2D eigenvalue weighted by atomic mass is 32.2. The van der Waals surface area contributed by atoms with Crippen LogP contribution >= 0.6 is 11.8 Å². The Bertz CT molecular complexity index is 686. The van der Waals surface area contributed by atoms with Gasteiger partial charge in [0, 0.05) is 24.6 Å². The zero-order chi connectivity index (χ0) is 16.1. The summed E-state index contributed by atoms with van der Waals surface area (Å²) in [5, 5.41) is 11.0. The van der Waals surface area contributed by atoms with E-state index in [1.54, 1.807) is 30.9 Å². The van der Waals surface area contributed by atoms with Gasteiger partial charge >= 0.3 is 0 Å². The third-order valence-corrected chi connectivity index (χ3v) is 4.00. The van der Waals surface area contributed by atoms with Crippen molar-refractivity contribution >= 4 is 23.4 Å². The monoisotopic (exact) mass is 316 g/mol. The van der Waals surface area contributed by atoms with Crippen LogP contribution in [-0.4, -0.2) is 29.0 Å². The van der Waals surface area contributed by atoms with Gasteiger partial charge in [-0.3, -0.25) is 14.9 Å². The van der Waals surface area contributed by atoms with Crippen LogP contribution in [0.4, 0.5) is 5.69 Å². The molecule has 0 fully saturated rings. The second-order valence-electron chi connectivity index (χ2n) is 4.78. The van der Waals surface area contributed by atoms with Gasteiger partial charge in [-0.1, -0.05) is 24.3 Å². The van der Waals surface area contributed by atoms with Crippen molar-refractivity contribution in [2.45, 2.75) is 11.4 Å². The number of hydrogen-bond donors (Lipinski definition) is 0. The molecule has 1 amide bonds. The Labute approximate surface area is 133 Å². The van der Waals surface area contributed by atoms with Crippen molar-refractivity contribution in [3.05, 3.63) is 69.8 Å². The van der Waals surface area contributed by atoms with Crippen LogP contribution in [0.2, 0.25) is 0 Å². The number of carbonyl (C=O) groups excluding carboxylic acids is 1. The minimum atomic E-state index is -0.533. The molecule has 0 bridgehead atoms. The van der Waals surface area contributed by atoms with Gasteiger partial charge < -0.3 is 4.90 Å². The minimum Gasteiger partial charge on any atom is -0.337 e. The van der Waals surface area contributed by atoms with Gasteiger partial charge in [0.15, 0.2) is 0 Å². The lowest BCUT2D eigenvalue weighted by atomic mass is 10.1. The maximum Gasteiger partial charge on any atom is 0.282 e. The van der Waals surface area contributed by atoms with Gasteiger partial charge in [-0.05, 0) is 30.0 Å². The Kier molecular flexibility index (Phi) is 5.16. The first-order chi connectivity index (χ1) is 10.5. The van der Waals surface area contributed by atoms with Crippen LogP contribution in [0.25, 0.3) is 0 Å². The zero-order valence-electron chi connectivity index (χ0n) is 12.4. The first-order valence-electron chi connectivity index (χ1n) is 6.64. The van der Waals surface area contributed by atoms with Gasteiger partial charge in [-0.15, -0.1) is 11.8 Å². The van der Waals surface area contributed by atoms with E-state index in [0.29, 0.717) is 6.54 Å². The lowest BCUT2D eigenvalue weighted by Crippen LogP contribution is -2.26. The van der Waals surface area contributed by atoms with Crippen molar-refractivity contribution in [2.75, 3.05) is 13.3 Å². The molecule has 2 aromatic rings. The molecule has 0 saturated heterocycles. The first-order valence-corrected chi connectivity index (χ1v) is 7.87. The summed E-state index contributed by atoms with van der Waals surface area (Å²) < 4.78 is 0. The number of rotatable bonds is 5. The van der Waals surface area contributed by atoms with E-state index in [1.807, 2.05) is 30.5 Å². The molecule has 0 unspecified atom stereocenters. The van der Waals surface area contributed by atoms with Crippen LogP contribution in [-0.2, 0) is 6.54 Å².